The van der Waals surface area contributed by atoms with Gasteiger partial charge in [-0.2, -0.15) is 4.31 Å². The first kappa shape index (κ1) is 17.0. The van der Waals surface area contributed by atoms with E-state index in [0.717, 1.165) is 6.07 Å². The maximum atomic E-state index is 13.3. The summed E-state index contributed by atoms with van der Waals surface area (Å²) in [6.07, 6.45) is 0.486. The molecule has 7 nitrogen and oxygen atoms in total. The number of carbonyl (C=O) groups excluding carboxylic acids is 2. The average Bonchev–Trinajstić information content (AvgIpc) is 2.87. The Morgan fingerprint density at radius 1 is 1.00 bits per heavy atom. The lowest BCUT2D eigenvalue weighted by Crippen LogP contribution is -2.52. The molecule has 2 aliphatic heterocycles. The quantitative estimate of drug-likeness (QED) is 0.723. The van der Waals surface area contributed by atoms with Gasteiger partial charge >= 0.3 is 0 Å². The predicted molar refractivity (Wildman–Crippen MR) is 82.7 cm³/mol. The second-order valence-corrected chi connectivity index (χ2v) is 7.77. The Kier molecular flexibility index (Phi) is 4.66. The Hall–Kier alpha value is -1.84. The van der Waals surface area contributed by atoms with Crippen molar-refractivity contribution in [3.63, 3.8) is 0 Å². The minimum Gasteiger partial charge on any atom is -0.283 e. The van der Waals surface area contributed by atoms with E-state index in [4.69, 9.17) is 0 Å². The summed E-state index contributed by atoms with van der Waals surface area (Å²) in [4.78, 5) is 26.3. The van der Waals surface area contributed by atoms with Crippen molar-refractivity contribution in [3.05, 3.63) is 30.1 Å². The van der Waals surface area contributed by atoms with E-state index < -0.39 is 15.8 Å². The molecule has 9 heteroatoms. The van der Waals surface area contributed by atoms with E-state index in [1.165, 1.54) is 27.4 Å². The number of carbonyl (C=O) groups is 2. The number of hydrogen-bond donors (Lipinski definition) is 0. The lowest BCUT2D eigenvalue weighted by atomic mass is 10.3. The highest BCUT2D eigenvalue weighted by Crippen LogP contribution is 2.19. The van der Waals surface area contributed by atoms with Crippen LogP contribution in [-0.2, 0) is 19.6 Å². The van der Waals surface area contributed by atoms with Crippen LogP contribution in [0.15, 0.2) is 29.2 Å². The van der Waals surface area contributed by atoms with Gasteiger partial charge in [0.25, 0.3) is 0 Å². The zero-order chi connectivity index (χ0) is 17.3. The Balaban J connectivity index is 1.62. The minimum atomic E-state index is -3.74. The van der Waals surface area contributed by atoms with Gasteiger partial charge in [-0.3, -0.25) is 19.4 Å². The molecular formula is C15H18FN3O4S. The molecule has 1 aromatic rings. The molecule has 2 amide bonds. The number of piperazine rings is 1. The Labute approximate surface area is 139 Å². The van der Waals surface area contributed by atoms with E-state index in [1.54, 1.807) is 0 Å². The van der Waals surface area contributed by atoms with Gasteiger partial charge in [-0.1, -0.05) is 6.07 Å². The van der Waals surface area contributed by atoms with Crippen molar-refractivity contribution in [2.75, 3.05) is 32.8 Å². The Bertz CT molecular complexity index is 744. The van der Waals surface area contributed by atoms with E-state index in [2.05, 4.69) is 0 Å². The Morgan fingerprint density at radius 3 is 2.21 bits per heavy atom. The van der Waals surface area contributed by atoms with Crippen molar-refractivity contribution < 1.29 is 22.4 Å². The highest BCUT2D eigenvalue weighted by atomic mass is 32.2. The Morgan fingerprint density at radius 2 is 1.62 bits per heavy atom. The topological polar surface area (TPSA) is 78.0 Å². The van der Waals surface area contributed by atoms with Gasteiger partial charge in [0.2, 0.25) is 21.8 Å². The molecule has 24 heavy (non-hydrogen) atoms. The van der Waals surface area contributed by atoms with Crippen molar-refractivity contribution >= 4 is 21.8 Å². The molecule has 2 heterocycles. The van der Waals surface area contributed by atoms with E-state index >= 15 is 0 Å². The molecule has 2 saturated heterocycles. The lowest BCUT2D eigenvalue weighted by Gasteiger charge is -2.35. The molecule has 0 radical (unpaired) electrons. The number of rotatable bonds is 4. The van der Waals surface area contributed by atoms with Crippen molar-refractivity contribution in [2.45, 2.75) is 17.7 Å². The number of nitrogens with zero attached hydrogens (tertiary/aromatic N) is 3. The molecule has 0 aromatic heterocycles. The first-order chi connectivity index (χ1) is 11.4. The standard InChI is InChI=1S/C15H18FN3O4S/c16-12-2-1-3-13(10-12)24(22,23)18-8-6-17(7-9-18)11-19-14(20)4-5-15(19)21/h1-3,10H,4-9,11H2. The minimum absolute atomic E-state index is 0.0687. The van der Waals surface area contributed by atoms with Crippen molar-refractivity contribution in [1.29, 1.82) is 0 Å². The number of sulfonamides is 1. The van der Waals surface area contributed by atoms with Crippen molar-refractivity contribution in [1.82, 2.24) is 14.1 Å². The van der Waals surface area contributed by atoms with E-state index in [-0.39, 0.29) is 49.3 Å². The van der Waals surface area contributed by atoms with Crippen LogP contribution in [-0.4, -0.2) is 67.2 Å². The first-order valence-electron chi connectivity index (χ1n) is 7.69. The van der Waals surface area contributed by atoms with E-state index in [1.807, 2.05) is 4.90 Å². The van der Waals surface area contributed by atoms with Crippen LogP contribution in [0, 0.1) is 5.82 Å². The van der Waals surface area contributed by atoms with Crippen LogP contribution in [0.3, 0.4) is 0 Å². The van der Waals surface area contributed by atoms with Crippen LogP contribution in [0.5, 0.6) is 0 Å². The summed E-state index contributed by atoms with van der Waals surface area (Å²) < 4.78 is 39.6. The number of halogens is 1. The van der Waals surface area contributed by atoms with Gasteiger partial charge in [0.15, 0.2) is 0 Å². The monoisotopic (exact) mass is 355 g/mol. The van der Waals surface area contributed by atoms with Crippen LogP contribution in [0.2, 0.25) is 0 Å². The van der Waals surface area contributed by atoms with E-state index in [9.17, 15) is 22.4 Å². The van der Waals surface area contributed by atoms with Crippen molar-refractivity contribution in [3.8, 4) is 0 Å². The van der Waals surface area contributed by atoms with Crippen LogP contribution < -0.4 is 0 Å². The average molecular weight is 355 g/mol. The molecule has 0 unspecified atom stereocenters. The van der Waals surface area contributed by atoms with Crippen LogP contribution in [0.4, 0.5) is 4.39 Å². The zero-order valence-electron chi connectivity index (χ0n) is 13.0. The SMILES string of the molecule is O=C1CCC(=O)N1CN1CCN(S(=O)(=O)c2cccc(F)c2)CC1. The fourth-order valence-corrected chi connectivity index (χ4v) is 4.32. The summed E-state index contributed by atoms with van der Waals surface area (Å²) in [6.45, 7) is 1.48. The second kappa shape index (κ2) is 6.58. The highest BCUT2D eigenvalue weighted by molar-refractivity contribution is 7.89. The van der Waals surface area contributed by atoms with Gasteiger partial charge in [0, 0.05) is 39.0 Å². The number of likely N-dealkylation sites (tertiary alicyclic amines) is 1. The molecule has 0 saturated carbocycles. The summed E-state index contributed by atoms with van der Waals surface area (Å²) in [5.74, 6) is -0.967. The van der Waals surface area contributed by atoms with Gasteiger partial charge < -0.3 is 0 Å². The third kappa shape index (κ3) is 3.33. The summed E-state index contributed by atoms with van der Waals surface area (Å²) in [5, 5.41) is 0. The summed E-state index contributed by atoms with van der Waals surface area (Å²) >= 11 is 0. The number of hydrogen-bond acceptors (Lipinski definition) is 5. The molecule has 0 aliphatic carbocycles. The number of amides is 2. The molecule has 3 rings (SSSR count). The largest absolute Gasteiger partial charge is 0.283 e. The number of benzene rings is 1. The van der Waals surface area contributed by atoms with Crippen LogP contribution >= 0.6 is 0 Å². The summed E-state index contributed by atoms with van der Waals surface area (Å²) in [6, 6.07) is 4.93. The normalized spacial score (nSPS) is 20.8. The maximum Gasteiger partial charge on any atom is 0.243 e. The smallest absolute Gasteiger partial charge is 0.243 e. The third-order valence-corrected chi connectivity index (χ3v) is 6.16. The van der Waals surface area contributed by atoms with Gasteiger partial charge in [0.1, 0.15) is 5.82 Å². The first-order valence-corrected chi connectivity index (χ1v) is 9.13. The molecule has 2 aliphatic rings. The second-order valence-electron chi connectivity index (χ2n) is 5.84. The van der Waals surface area contributed by atoms with Crippen LogP contribution in [0.1, 0.15) is 12.8 Å². The maximum absolute atomic E-state index is 13.3. The molecule has 0 atom stereocenters. The molecule has 0 spiro atoms. The van der Waals surface area contributed by atoms with Gasteiger partial charge in [-0.05, 0) is 18.2 Å². The molecule has 0 N–H and O–H groups in total. The fourth-order valence-electron chi connectivity index (χ4n) is 2.87. The zero-order valence-corrected chi connectivity index (χ0v) is 13.8. The molecule has 0 bridgehead atoms. The molecule has 130 valence electrons. The van der Waals surface area contributed by atoms with Gasteiger partial charge in [-0.15, -0.1) is 0 Å². The third-order valence-electron chi connectivity index (χ3n) is 4.26. The van der Waals surface area contributed by atoms with Gasteiger partial charge in [-0.25, -0.2) is 12.8 Å². The fraction of sp³-hybridized carbons (Fsp3) is 0.467. The number of imide groups is 1. The summed E-state index contributed by atoms with van der Waals surface area (Å²) in [7, 11) is -3.74. The predicted octanol–water partition coefficient (Wildman–Crippen LogP) is 0.238. The summed E-state index contributed by atoms with van der Waals surface area (Å²) in [5.41, 5.74) is 0. The van der Waals surface area contributed by atoms with Crippen LogP contribution in [0.25, 0.3) is 0 Å². The van der Waals surface area contributed by atoms with Gasteiger partial charge in [0.05, 0.1) is 11.6 Å². The highest BCUT2D eigenvalue weighted by Gasteiger charge is 2.33. The lowest BCUT2D eigenvalue weighted by molar-refractivity contribution is -0.141. The molecular weight excluding hydrogens is 337 g/mol. The molecule has 2 fully saturated rings. The molecule has 1 aromatic carbocycles. The van der Waals surface area contributed by atoms with Crippen molar-refractivity contribution in [2.24, 2.45) is 0 Å². The van der Waals surface area contributed by atoms with E-state index in [0.29, 0.717) is 13.1 Å².